The molecule has 0 aliphatic heterocycles. The molecule has 1 N–H and O–H groups in total. The number of imidazole rings is 1. The van der Waals surface area contributed by atoms with Crippen LogP contribution in [0, 0.1) is 4.77 Å². The van der Waals surface area contributed by atoms with E-state index in [0.717, 1.165) is 9.99 Å². The molecule has 1 amide bonds. The van der Waals surface area contributed by atoms with Gasteiger partial charge in [0, 0.05) is 24.8 Å². The van der Waals surface area contributed by atoms with Crippen molar-refractivity contribution >= 4 is 45.2 Å². The van der Waals surface area contributed by atoms with Crippen molar-refractivity contribution in [3.63, 3.8) is 0 Å². The Bertz CT molecular complexity index is 631. The minimum Gasteiger partial charge on any atom is -0.347 e. The third-order valence-corrected chi connectivity index (χ3v) is 3.12. The Labute approximate surface area is 112 Å². The largest absolute Gasteiger partial charge is 0.347 e. The molecular weight excluding hydrogens is 304 g/mol. The third kappa shape index (κ3) is 2.39. The van der Waals surface area contributed by atoms with E-state index in [2.05, 4.69) is 25.9 Å². The molecule has 0 radical (unpaired) electrons. The minimum atomic E-state index is -0.0216. The van der Waals surface area contributed by atoms with Crippen molar-refractivity contribution in [2.75, 3.05) is 14.1 Å². The van der Waals surface area contributed by atoms with Crippen LogP contribution in [0.15, 0.2) is 16.7 Å². The first-order valence-electron chi connectivity index (χ1n) is 4.93. The van der Waals surface area contributed by atoms with Crippen LogP contribution in [0.3, 0.4) is 0 Å². The number of pyridine rings is 1. The van der Waals surface area contributed by atoms with E-state index in [1.54, 1.807) is 24.9 Å². The van der Waals surface area contributed by atoms with Gasteiger partial charge in [-0.3, -0.25) is 9.36 Å². The second kappa shape index (κ2) is 4.58. The molecule has 2 rings (SSSR count). The third-order valence-electron chi connectivity index (χ3n) is 2.37. The number of halogens is 1. The Morgan fingerprint density at radius 3 is 3.00 bits per heavy atom. The molecule has 0 unspecified atom stereocenters. The normalized spacial score (nSPS) is 10.8. The van der Waals surface area contributed by atoms with Gasteiger partial charge in [0.15, 0.2) is 10.4 Å². The summed E-state index contributed by atoms with van der Waals surface area (Å²) in [6, 6.07) is 1.88. The number of aromatic nitrogens is 3. The maximum absolute atomic E-state index is 11.7. The highest BCUT2D eigenvalue weighted by Gasteiger charge is 2.11. The van der Waals surface area contributed by atoms with Crippen molar-refractivity contribution in [2.24, 2.45) is 0 Å². The van der Waals surface area contributed by atoms with Crippen LogP contribution in [-0.2, 0) is 11.3 Å². The van der Waals surface area contributed by atoms with Gasteiger partial charge in [0.25, 0.3) is 0 Å². The number of amides is 1. The first-order chi connectivity index (χ1) is 7.99. The molecule has 0 aromatic carbocycles. The van der Waals surface area contributed by atoms with E-state index < -0.39 is 0 Å². The lowest BCUT2D eigenvalue weighted by Gasteiger charge is -2.10. The molecule has 0 saturated carbocycles. The molecule has 0 aliphatic rings. The van der Waals surface area contributed by atoms with Crippen molar-refractivity contribution in [2.45, 2.75) is 6.54 Å². The number of rotatable bonds is 2. The number of nitrogens with zero attached hydrogens (tertiary/aromatic N) is 3. The molecule has 0 spiro atoms. The van der Waals surface area contributed by atoms with Gasteiger partial charge in [0.1, 0.15) is 6.54 Å². The van der Waals surface area contributed by atoms with Gasteiger partial charge in [0.2, 0.25) is 5.91 Å². The molecule has 2 aromatic rings. The number of carbonyl (C=O) groups excluding carboxylic acids is 1. The molecular formula is C10H11BrN4OS. The first kappa shape index (κ1) is 12.3. The maximum Gasteiger partial charge on any atom is 0.242 e. The number of hydrogen-bond acceptors (Lipinski definition) is 3. The van der Waals surface area contributed by atoms with Gasteiger partial charge in [-0.1, -0.05) is 0 Å². The van der Waals surface area contributed by atoms with E-state index in [4.69, 9.17) is 12.2 Å². The molecule has 0 aliphatic carbocycles. The van der Waals surface area contributed by atoms with Crippen LogP contribution >= 0.6 is 28.1 Å². The zero-order chi connectivity index (χ0) is 12.6. The molecule has 7 heteroatoms. The second-order valence-corrected chi connectivity index (χ2v) is 5.13. The first-order valence-corrected chi connectivity index (χ1v) is 6.13. The van der Waals surface area contributed by atoms with Crippen molar-refractivity contribution in [3.05, 3.63) is 21.5 Å². The minimum absolute atomic E-state index is 0.0216. The fourth-order valence-corrected chi connectivity index (χ4v) is 2.03. The molecule has 2 heterocycles. The topological polar surface area (TPSA) is 53.9 Å². The van der Waals surface area contributed by atoms with Gasteiger partial charge in [-0.15, -0.1) is 0 Å². The molecule has 0 bridgehead atoms. The summed E-state index contributed by atoms with van der Waals surface area (Å²) >= 11 is 8.52. The Morgan fingerprint density at radius 1 is 1.65 bits per heavy atom. The highest BCUT2D eigenvalue weighted by molar-refractivity contribution is 9.10. The van der Waals surface area contributed by atoms with E-state index >= 15 is 0 Å². The number of aromatic amines is 1. The zero-order valence-electron chi connectivity index (χ0n) is 9.40. The number of fused-ring (bicyclic) bond motifs is 1. The number of carbonyl (C=O) groups is 1. The van der Waals surface area contributed by atoms with Crippen LogP contribution < -0.4 is 0 Å². The highest BCUT2D eigenvalue weighted by Crippen LogP contribution is 2.16. The molecule has 0 fully saturated rings. The average Bonchev–Trinajstić information content (AvgIpc) is 2.54. The molecule has 17 heavy (non-hydrogen) atoms. The van der Waals surface area contributed by atoms with Crippen LogP contribution in [0.1, 0.15) is 0 Å². The van der Waals surface area contributed by atoms with Crippen LogP contribution in [0.2, 0.25) is 0 Å². The molecule has 0 saturated heterocycles. The van der Waals surface area contributed by atoms with Gasteiger partial charge in [0.05, 0.1) is 5.52 Å². The fourth-order valence-electron chi connectivity index (χ4n) is 1.44. The highest BCUT2D eigenvalue weighted by atomic mass is 79.9. The zero-order valence-corrected chi connectivity index (χ0v) is 11.8. The SMILES string of the molecule is CN(C)C(=O)Cn1c(=S)[nH]c2cc(Br)cnc21. The molecule has 2 aromatic heterocycles. The number of likely N-dealkylation sites (N-methyl/N-ethyl adjacent to an activating group) is 1. The summed E-state index contributed by atoms with van der Waals surface area (Å²) in [5.74, 6) is -0.0216. The van der Waals surface area contributed by atoms with Crippen LogP contribution in [0.25, 0.3) is 11.2 Å². The summed E-state index contributed by atoms with van der Waals surface area (Å²) in [6.45, 7) is 0.195. The van der Waals surface area contributed by atoms with Crippen molar-refractivity contribution in [3.8, 4) is 0 Å². The van der Waals surface area contributed by atoms with Crippen molar-refractivity contribution in [1.82, 2.24) is 19.4 Å². The van der Waals surface area contributed by atoms with Gasteiger partial charge in [-0.05, 0) is 34.2 Å². The van der Waals surface area contributed by atoms with E-state index in [9.17, 15) is 4.79 Å². The standard InChI is InChI=1S/C10H11BrN4OS/c1-14(2)8(16)5-15-9-7(13-10(15)17)3-6(11)4-12-9/h3-4H,5H2,1-2H3,(H,13,17). The maximum atomic E-state index is 11.7. The van der Waals surface area contributed by atoms with E-state index in [1.807, 2.05) is 6.07 Å². The van der Waals surface area contributed by atoms with E-state index in [0.29, 0.717) is 10.4 Å². The van der Waals surface area contributed by atoms with Gasteiger partial charge >= 0.3 is 0 Å². The quantitative estimate of drug-likeness (QED) is 0.862. The second-order valence-electron chi connectivity index (χ2n) is 3.83. The molecule has 5 nitrogen and oxygen atoms in total. The monoisotopic (exact) mass is 314 g/mol. The lowest BCUT2D eigenvalue weighted by atomic mass is 10.4. The number of H-pyrrole nitrogens is 1. The van der Waals surface area contributed by atoms with Crippen molar-refractivity contribution in [1.29, 1.82) is 0 Å². The van der Waals surface area contributed by atoms with E-state index in [1.165, 1.54) is 4.90 Å². The summed E-state index contributed by atoms with van der Waals surface area (Å²) in [5, 5.41) is 0. The molecule has 90 valence electrons. The fraction of sp³-hybridized carbons (Fsp3) is 0.300. The Hall–Kier alpha value is -1.21. The van der Waals surface area contributed by atoms with Crippen LogP contribution in [0.5, 0.6) is 0 Å². The Balaban J connectivity index is 2.50. The summed E-state index contributed by atoms with van der Waals surface area (Å²) in [5.41, 5.74) is 1.50. The lowest BCUT2D eigenvalue weighted by Crippen LogP contribution is -2.26. The number of hydrogen-bond donors (Lipinski definition) is 1. The predicted molar refractivity (Wildman–Crippen MR) is 71.3 cm³/mol. The van der Waals surface area contributed by atoms with Crippen LogP contribution in [-0.4, -0.2) is 39.4 Å². The summed E-state index contributed by atoms with van der Waals surface area (Å²) in [4.78, 5) is 20.5. The number of nitrogens with one attached hydrogen (secondary N) is 1. The Kier molecular flexibility index (Phi) is 3.30. The van der Waals surface area contributed by atoms with Gasteiger partial charge < -0.3 is 9.88 Å². The van der Waals surface area contributed by atoms with Gasteiger partial charge in [-0.25, -0.2) is 4.98 Å². The summed E-state index contributed by atoms with van der Waals surface area (Å²) in [6.07, 6.45) is 1.68. The molecule has 0 atom stereocenters. The van der Waals surface area contributed by atoms with E-state index in [-0.39, 0.29) is 12.5 Å². The lowest BCUT2D eigenvalue weighted by molar-refractivity contribution is -0.129. The average molecular weight is 315 g/mol. The Morgan fingerprint density at radius 2 is 2.35 bits per heavy atom. The predicted octanol–water partition coefficient (Wildman–Crippen LogP) is 1.94. The smallest absolute Gasteiger partial charge is 0.242 e. The summed E-state index contributed by atoms with van der Waals surface area (Å²) < 4.78 is 3.06. The van der Waals surface area contributed by atoms with Gasteiger partial charge in [-0.2, -0.15) is 0 Å². The van der Waals surface area contributed by atoms with Crippen molar-refractivity contribution < 1.29 is 4.79 Å². The van der Waals surface area contributed by atoms with Crippen LogP contribution in [0.4, 0.5) is 0 Å². The summed E-state index contributed by atoms with van der Waals surface area (Å²) in [7, 11) is 3.43.